The molecule has 7 unspecified atom stereocenters. The summed E-state index contributed by atoms with van der Waals surface area (Å²) in [6.45, 7) is 8.14. The van der Waals surface area contributed by atoms with E-state index in [1.807, 2.05) is 6.92 Å². The summed E-state index contributed by atoms with van der Waals surface area (Å²) in [7, 11) is 0. The van der Waals surface area contributed by atoms with E-state index in [2.05, 4.69) is 21.3 Å². The fourth-order valence-corrected chi connectivity index (χ4v) is 4.29. The summed E-state index contributed by atoms with van der Waals surface area (Å²) in [5, 5.41) is 28.1. The summed E-state index contributed by atoms with van der Waals surface area (Å²) in [6, 6.07) is -5.58. The average Bonchev–Trinajstić information content (AvgIpc) is 3.42. The lowest BCUT2D eigenvalue weighted by Gasteiger charge is -2.28. The Bertz CT molecular complexity index is 990. The van der Waals surface area contributed by atoms with Gasteiger partial charge in [0.2, 0.25) is 29.5 Å². The number of hydrogen-bond donors (Lipinski definition) is 7. The topological polar surface area (TPSA) is 237 Å². The van der Waals surface area contributed by atoms with E-state index in [1.165, 1.54) is 11.8 Å². The smallest absolute Gasteiger partial charge is 0.326 e. The second-order valence-electron chi connectivity index (χ2n) is 10.5. The molecule has 15 nitrogen and oxygen atoms in total. The third-order valence-electron chi connectivity index (χ3n) is 7.36. The molecular weight excluding hydrogens is 540 g/mol. The van der Waals surface area contributed by atoms with Crippen LogP contribution in [0.1, 0.15) is 66.7 Å². The summed E-state index contributed by atoms with van der Waals surface area (Å²) < 4.78 is 0. The van der Waals surface area contributed by atoms with Crippen molar-refractivity contribution in [3.63, 3.8) is 0 Å². The number of carbonyl (C=O) groups excluding carboxylic acids is 5. The monoisotopic (exact) mass is 584 g/mol. The van der Waals surface area contributed by atoms with Crippen molar-refractivity contribution in [2.24, 2.45) is 17.6 Å². The Kier molecular flexibility index (Phi) is 14.2. The van der Waals surface area contributed by atoms with Crippen LogP contribution in [0.4, 0.5) is 0 Å². The van der Waals surface area contributed by atoms with Crippen LogP contribution < -0.4 is 27.0 Å². The quantitative estimate of drug-likeness (QED) is 0.111. The van der Waals surface area contributed by atoms with E-state index in [0.717, 1.165) is 0 Å². The lowest BCUT2D eigenvalue weighted by atomic mass is 9.95. The van der Waals surface area contributed by atoms with E-state index in [9.17, 15) is 43.8 Å². The molecule has 41 heavy (non-hydrogen) atoms. The van der Waals surface area contributed by atoms with Crippen molar-refractivity contribution in [2.75, 3.05) is 13.1 Å². The number of carboxylic acid groups (broad SMARTS) is 2. The third-order valence-corrected chi connectivity index (χ3v) is 7.36. The van der Waals surface area contributed by atoms with Gasteiger partial charge in [-0.25, -0.2) is 4.79 Å². The van der Waals surface area contributed by atoms with E-state index in [0.29, 0.717) is 25.7 Å². The minimum absolute atomic E-state index is 0.153. The van der Waals surface area contributed by atoms with Crippen LogP contribution in [-0.4, -0.2) is 99.9 Å². The lowest BCUT2D eigenvalue weighted by molar-refractivity contribution is -0.149. The SMILES string of the molecule is CCC(C)C(N)C(=O)NC(C(=O)NC(CC(=O)O)C(=O)NCC(=O)NC(C)C(=O)N1CCCC1C(=O)O)C(C)CC. The number of nitrogens with two attached hydrogens (primary N) is 1. The van der Waals surface area contributed by atoms with Gasteiger partial charge < -0.3 is 42.1 Å². The van der Waals surface area contributed by atoms with Crippen molar-refractivity contribution >= 4 is 41.5 Å². The number of nitrogens with one attached hydrogen (secondary N) is 4. The minimum atomic E-state index is -1.57. The fraction of sp³-hybridized carbons (Fsp3) is 0.731. The Hall–Kier alpha value is -3.75. The second kappa shape index (κ2) is 16.5. The van der Waals surface area contributed by atoms with Crippen molar-refractivity contribution in [1.29, 1.82) is 0 Å². The molecule has 0 saturated carbocycles. The van der Waals surface area contributed by atoms with Crippen LogP contribution in [-0.2, 0) is 33.6 Å². The Balaban J connectivity index is 2.84. The number of amides is 5. The van der Waals surface area contributed by atoms with Crippen molar-refractivity contribution in [2.45, 2.75) is 96.9 Å². The minimum Gasteiger partial charge on any atom is -0.481 e. The number of nitrogens with zero attached hydrogens (tertiary/aromatic N) is 1. The zero-order valence-electron chi connectivity index (χ0n) is 24.3. The van der Waals surface area contributed by atoms with Gasteiger partial charge in [-0.15, -0.1) is 0 Å². The van der Waals surface area contributed by atoms with Crippen molar-refractivity contribution in [3.8, 4) is 0 Å². The molecule has 0 aromatic heterocycles. The Morgan fingerprint density at radius 1 is 0.878 bits per heavy atom. The van der Waals surface area contributed by atoms with E-state index in [-0.39, 0.29) is 18.4 Å². The summed E-state index contributed by atoms with van der Waals surface area (Å²) in [5.41, 5.74) is 5.98. The lowest BCUT2D eigenvalue weighted by Crippen LogP contribution is -2.59. The molecule has 0 bridgehead atoms. The van der Waals surface area contributed by atoms with Gasteiger partial charge >= 0.3 is 11.9 Å². The maximum Gasteiger partial charge on any atom is 0.326 e. The van der Waals surface area contributed by atoms with Gasteiger partial charge in [0.05, 0.1) is 19.0 Å². The summed E-state index contributed by atoms with van der Waals surface area (Å²) in [5.74, 6) is -6.73. The van der Waals surface area contributed by atoms with Crippen LogP contribution >= 0.6 is 0 Å². The molecule has 7 atom stereocenters. The maximum atomic E-state index is 13.1. The van der Waals surface area contributed by atoms with E-state index >= 15 is 0 Å². The number of carboxylic acids is 2. The van der Waals surface area contributed by atoms with Gasteiger partial charge in [-0.1, -0.05) is 40.5 Å². The van der Waals surface area contributed by atoms with Crippen LogP contribution in [0.25, 0.3) is 0 Å². The highest BCUT2D eigenvalue weighted by atomic mass is 16.4. The fourth-order valence-electron chi connectivity index (χ4n) is 4.29. The number of hydrogen-bond acceptors (Lipinski definition) is 8. The Morgan fingerprint density at radius 2 is 1.49 bits per heavy atom. The van der Waals surface area contributed by atoms with E-state index in [4.69, 9.17) is 5.73 Å². The second-order valence-corrected chi connectivity index (χ2v) is 10.5. The van der Waals surface area contributed by atoms with Crippen molar-refractivity contribution in [1.82, 2.24) is 26.2 Å². The molecule has 8 N–H and O–H groups in total. The molecule has 1 aliphatic rings. The molecule has 0 aliphatic carbocycles. The molecule has 5 amide bonds. The molecule has 1 fully saturated rings. The largest absolute Gasteiger partial charge is 0.481 e. The molecule has 0 spiro atoms. The number of likely N-dealkylation sites (tertiary alicyclic amines) is 1. The van der Waals surface area contributed by atoms with Gasteiger partial charge in [-0.3, -0.25) is 28.8 Å². The Morgan fingerprint density at radius 3 is 2.02 bits per heavy atom. The molecule has 1 heterocycles. The molecule has 1 saturated heterocycles. The van der Waals surface area contributed by atoms with Crippen LogP contribution in [0.3, 0.4) is 0 Å². The third kappa shape index (κ3) is 10.6. The molecule has 232 valence electrons. The van der Waals surface area contributed by atoms with Crippen LogP contribution in [0, 0.1) is 11.8 Å². The highest BCUT2D eigenvalue weighted by Crippen LogP contribution is 2.18. The maximum absolute atomic E-state index is 13.1. The predicted molar refractivity (Wildman–Crippen MR) is 146 cm³/mol. The normalized spacial score (nSPS) is 19.1. The number of carbonyl (C=O) groups is 7. The average molecular weight is 585 g/mol. The highest BCUT2D eigenvalue weighted by molar-refractivity contribution is 5.96. The first-order chi connectivity index (χ1) is 19.1. The van der Waals surface area contributed by atoms with Crippen molar-refractivity contribution < 1.29 is 43.8 Å². The van der Waals surface area contributed by atoms with E-state index < -0.39 is 84.6 Å². The first-order valence-corrected chi connectivity index (χ1v) is 13.8. The molecular formula is C26H44N6O9. The van der Waals surface area contributed by atoms with Crippen molar-refractivity contribution in [3.05, 3.63) is 0 Å². The summed E-state index contributed by atoms with van der Waals surface area (Å²) >= 11 is 0. The van der Waals surface area contributed by atoms with Crippen LogP contribution in [0.15, 0.2) is 0 Å². The highest BCUT2D eigenvalue weighted by Gasteiger charge is 2.36. The zero-order valence-corrected chi connectivity index (χ0v) is 24.3. The molecule has 15 heteroatoms. The standard InChI is InChI=1S/C26H44N6O9/c1-6-13(3)20(27)23(37)31-21(14(4)7-2)24(38)30-16(11-19(34)35)22(36)28-12-18(33)29-15(5)25(39)32-10-8-9-17(32)26(40)41/h13-17,20-21H,6-12,27H2,1-5H3,(H,28,36)(H,29,33)(H,30,38)(H,31,37)(H,34,35)(H,40,41). The number of aliphatic carboxylic acids is 2. The van der Waals surface area contributed by atoms with E-state index in [1.54, 1.807) is 20.8 Å². The van der Waals surface area contributed by atoms with Crippen LogP contribution in [0.5, 0.6) is 0 Å². The number of rotatable bonds is 16. The van der Waals surface area contributed by atoms with Gasteiger partial charge in [0.15, 0.2) is 0 Å². The molecule has 1 rings (SSSR count). The molecule has 0 aromatic carbocycles. The predicted octanol–water partition coefficient (Wildman–Crippen LogP) is -1.45. The molecule has 1 aliphatic heterocycles. The molecule has 0 radical (unpaired) electrons. The first-order valence-electron chi connectivity index (χ1n) is 13.8. The molecule has 0 aromatic rings. The van der Waals surface area contributed by atoms with Gasteiger partial charge in [0, 0.05) is 6.54 Å². The Labute approximate surface area is 239 Å². The van der Waals surface area contributed by atoms with Gasteiger partial charge in [-0.2, -0.15) is 0 Å². The van der Waals surface area contributed by atoms with Crippen LogP contribution in [0.2, 0.25) is 0 Å². The summed E-state index contributed by atoms with van der Waals surface area (Å²) in [6.07, 6.45) is 1.14. The first kappa shape index (κ1) is 35.3. The zero-order chi connectivity index (χ0) is 31.4. The van der Waals surface area contributed by atoms with Gasteiger partial charge in [0.25, 0.3) is 0 Å². The summed E-state index contributed by atoms with van der Waals surface area (Å²) in [4.78, 5) is 87.4. The van der Waals surface area contributed by atoms with Gasteiger partial charge in [-0.05, 0) is 31.6 Å². The van der Waals surface area contributed by atoms with Gasteiger partial charge in [0.1, 0.15) is 24.2 Å².